The highest BCUT2D eigenvalue weighted by Gasteiger charge is 2.06. The molecule has 0 spiro atoms. The number of carbonyl (C=O) groups excluding carboxylic acids is 1. The van der Waals surface area contributed by atoms with Gasteiger partial charge in [-0.25, -0.2) is 4.79 Å². The Balaban J connectivity index is 1.75. The summed E-state index contributed by atoms with van der Waals surface area (Å²) in [5.41, 5.74) is 1.87. The highest BCUT2D eigenvalue weighted by atomic mass is 16.5. The van der Waals surface area contributed by atoms with Gasteiger partial charge >= 0.3 is 6.03 Å². The molecule has 128 valence electrons. The molecule has 0 aliphatic heterocycles. The molecule has 0 fully saturated rings. The normalized spacial score (nSPS) is 10.1. The van der Waals surface area contributed by atoms with Gasteiger partial charge in [0.05, 0.1) is 18.8 Å². The maximum absolute atomic E-state index is 11.9. The molecule has 24 heavy (non-hydrogen) atoms. The van der Waals surface area contributed by atoms with Crippen molar-refractivity contribution in [3.8, 4) is 11.5 Å². The van der Waals surface area contributed by atoms with E-state index in [1.807, 2.05) is 43.3 Å². The van der Waals surface area contributed by atoms with Gasteiger partial charge in [-0.15, -0.1) is 0 Å². The summed E-state index contributed by atoms with van der Waals surface area (Å²) in [7, 11) is 0. The summed E-state index contributed by atoms with van der Waals surface area (Å²) >= 11 is 0. The SMILES string of the molecule is CCOc1ccccc1NC(=O)NCCOc1cccc(CC)c1. The lowest BCUT2D eigenvalue weighted by atomic mass is 10.2. The van der Waals surface area contributed by atoms with Crippen molar-refractivity contribution < 1.29 is 14.3 Å². The molecule has 2 N–H and O–H groups in total. The van der Waals surface area contributed by atoms with Crippen LogP contribution in [0.1, 0.15) is 19.4 Å². The summed E-state index contributed by atoms with van der Waals surface area (Å²) in [4.78, 5) is 11.9. The van der Waals surface area contributed by atoms with Gasteiger partial charge in [-0.1, -0.05) is 31.2 Å². The number of amides is 2. The average molecular weight is 328 g/mol. The summed E-state index contributed by atoms with van der Waals surface area (Å²) in [5.74, 6) is 1.47. The van der Waals surface area contributed by atoms with E-state index in [0.29, 0.717) is 31.2 Å². The van der Waals surface area contributed by atoms with Crippen molar-refractivity contribution in [1.29, 1.82) is 0 Å². The molecule has 0 unspecified atom stereocenters. The van der Waals surface area contributed by atoms with Gasteiger partial charge in [-0.3, -0.25) is 0 Å². The zero-order chi connectivity index (χ0) is 17.2. The van der Waals surface area contributed by atoms with E-state index in [1.165, 1.54) is 5.56 Å². The molecule has 0 saturated carbocycles. The Bertz CT molecular complexity index is 659. The van der Waals surface area contributed by atoms with Gasteiger partial charge in [0.2, 0.25) is 0 Å². The number of nitrogens with one attached hydrogen (secondary N) is 2. The van der Waals surface area contributed by atoms with Crippen LogP contribution < -0.4 is 20.1 Å². The van der Waals surface area contributed by atoms with Crippen molar-refractivity contribution in [3.63, 3.8) is 0 Å². The number of carbonyl (C=O) groups is 1. The second-order valence-corrected chi connectivity index (χ2v) is 5.16. The Kier molecular flexibility index (Phi) is 6.95. The van der Waals surface area contributed by atoms with Gasteiger partial charge in [-0.05, 0) is 43.2 Å². The zero-order valence-corrected chi connectivity index (χ0v) is 14.2. The fraction of sp³-hybridized carbons (Fsp3) is 0.316. The number of hydrogen-bond donors (Lipinski definition) is 2. The van der Waals surface area contributed by atoms with Gasteiger partial charge in [0, 0.05) is 0 Å². The van der Waals surface area contributed by atoms with Gasteiger partial charge in [0.15, 0.2) is 0 Å². The number of anilines is 1. The van der Waals surface area contributed by atoms with E-state index in [9.17, 15) is 4.79 Å². The van der Waals surface area contributed by atoms with Gasteiger partial charge < -0.3 is 20.1 Å². The molecule has 2 rings (SSSR count). The van der Waals surface area contributed by atoms with Crippen LogP contribution in [0.5, 0.6) is 11.5 Å². The first-order chi connectivity index (χ1) is 11.7. The van der Waals surface area contributed by atoms with Crippen LogP contribution in [0.2, 0.25) is 0 Å². The Labute approximate surface area is 143 Å². The molecule has 5 heteroatoms. The minimum absolute atomic E-state index is 0.284. The number of benzene rings is 2. The first-order valence-corrected chi connectivity index (χ1v) is 8.21. The maximum atomic E-state index is 11.9. The number of ether oxygens (including phenoxy) is 2. The van der Waals surface area contributed by atoms with E-state index < -0.39 is 0 Å². The standard InChI is InChI=1S/C19H24N2O3/c1-3-15-8-7-9-16(14-15)24-13-12-20-19(22)21-17-10-5-6-11-18(17)23-4-2/h5-11,14H,3-4,12-13H2,1-2H3,(H2,20,21,22). The first kappa shape index (κ1) is 17.7. The van der Waals surface area contributed by atoms with Crippen LogP contribution in [-0.2, 0) is 6.42 Å². The minimum Gasteiger partial charge on any atom is -0.492 e. The van der Waals surface area contributed by atoms with Crippen LogP contribution in [0, 0.1) is 0 Å². The van der Waals surface area contributed by atoms with E-state index in [-0.39, 0.29) is 6.03 Å². The zero-order valence-electron chi connectivity index (χ0n) is 14.2. The summed E-state index contributed by atoms with van der Waals surface area (Å²) in [6, 6.07) is 15.0. The van der Waals surface area contributed by atoms with E-state index in [4.69, 9.17) is 9.47 Å². The highest BCUT2D eigenvalue weighted by molar-refractivity contribution is 5.90. The lowest BCUT2D eigenvalue weighted by molar-refractivity contribution is 0.247. The number of urea groups is 1. The van der Waals surface area contributed by atoms with E-state index in [0.717, 1.165) is 12.2 Å². The topological polar surface area (TPSA) is 59.6 Å². The predicted molar refractivity (Wildman–Crippen MR) is 95.9 cm³/mol. The molecule has 0 saturated heterocycles. The molecule has 0 aromatic heterocycles. The van der Waals surface area contributed by atoms with Crippen LogP contribution in [-0.4, -0.2) is 25.8 Å². The van der Waals surface area contributed by atoms with Crippen molar-refractivity contribution in [1.82, 2.24) is 5.32 Å². The largest absolute Gasteiger partial charge is 0.492 e. The quantitative estimate of drug-likeness (QED) is 0.724. The van der Waals surface area contributed by atoms with Crippen LogP contribution >= 0.6 is 0 Å². The summed E-state index contributed by atoms with van der Waals surface area (Å²) in [5, 5.41) is 5.55. The molecule has 5 nitrogen and oxygen atoms in total. The van der Waals surface area contributed by atoms with Crippen molar-refractivity contribution in [2.75, 3.05) is 25.1 Å². The molecular formula is C19H24N2O3. The predicted octanol–water partition coefficient (Wildman–Crippen LogP) is 3.85. The third-order valence-corrected chi connectivity index (χ3v) is 3.40. The Morgan fingerprint density at radius 2 is 1.88 bits per heavy atom. The van der Waals surface area contributed by atoms with E-state index >= 15 is 0 Å². The van der Waals surface area contributed by atoms with Crippen molar-refractivity contribution >= 4 is 11.7 Å². The van der Waals surface area contributed by atoms with Crippen LogP contribution in [0.3, 0.4) is 0 Å². The second-order valence-electron chi connectivity index (χ2n) is 5.16. The molecule has 0 heterocycles. The Morgan fingerprint density at radius 1 is 1.04 bits per heavy atom. The minimum atomic E-state index is -0.284. The number of aryl methyl sites for hydroxylation is 1. The molecule has 0 atom stereocenters. The lowest BCUT2D eigenvalue weighted by Crippen LogP contribution is -2.32. The summed E-state index contributed by atoms with van der Waals surface area (Å²) in [6.07, 6.45) is 0.969. The average Bonchev–Trinajstić information content (AvgIpc) is 2.61. The fourth-order valence-electron chi connectivity index (χ4n) is 2.21. The fourth-order valence-corrected chi connectivity index (χ4v) is 2.21. The highest BCUT2D eigenvalue weighted by Crippen LogP contribution is 2.23. The van der Waals surface area contributed by atoms with E-state index in [2.05, 4.69) is 23.6 Å². The molecule has 0 aliphatic carbocycles. The second kappa shape index (κ2) is 9.45. The van der Waals surface area contributed by atoms with E-state index in [1.54, 1.807) is 6.07 Å². The molecule has 2 aromatic carbocycles. The van der Waals surface area contributed by atoms with Crippen molar-refractivity contribution in [3.05, 3.63) is 54.1 Å². The summed E-state index contributed by atoms with van der Waals surface area (Å²) in [6.45, 7) is 5.38. The van der Waals surface area contributed by atoms with Crippen LogP contribution in [0.15, 0.2) is 48.5 Å². The number of para-hydroxylation sites is 2. The molecule has 0 radical (unpaired) electrons. The van der Waals surface area contributed by atoms with Gasteiger partial charge in [0.1, 0.15) is 18.1 Å². The first-order valence-electron chi connectivity index (χ1n) is 8.21. The van der Waals surface area contributed by atoms with Crippen molar-refractivity contribution in [2.24, 2.45) is 0 Å². The van der Waals surface area contributed by atoms with Gasteiger partial charge in [0.25, 0.3) is 0 Å². The molecule has 0 bridgehead atoms. The Hall–Kier alpha value is -2.69. The third-order valence-electron chi connectivity index (χ3n) is 3.40. The Morgan fingerprint density at radius 3 is 2.67 bits per heavy atom. The number of rotatable bonds is 8. The molecular weight excluding hydrogens is 304 g/mol. The van der Waals surface area contributed by atoms with Crippen molar-refractivity contribution in [2.45, 2.75) is 20.3 Å². The molecule has 0 aliphatic rings. The molecule has 2 aromatic rings. The monoisotopic (exact) mass is 328 g/mol. The molecule has 2 amide bonds. The maximum Gasteiger partial charge on any atom is 0.319 e. The number of hydrogen-bond acceptors (Lipinski definition) is 3. The summed E-state index contributed by atoms with van der Waals surface area (Å²) < 4.78 is 11.1. The lowest BCUT2D eigenvalue weighted by Gasteiger charge is -2.12. The smallest absolute Gasteiger partial charge is 0.319 e. The third kappa shape index (κ3) is 5.50. The van der Waals surface area contributed by atoms with Crippen LogP contribution in [0.4, 0.5) is 10.5 Å². The van der Waals surface area contributed by atoms with Gasteiger partial charge in [-0.2, -0.15) is 0 Å². The van der Waals surface area contributed by atoms with Crippen LogP contribution in [0.25, 0.3) is 0 Å².